The first-order valence-corrected chi connectivity index (χ1v) is 7.26. The molecule has 0 aliphatic carbocycles. The number of amides is 1. The van der Waals surface area contributed by atoms with E-state index in [0.717, 1.165) is 5.69 Å². The maximum Gasteiger partial charge on any atom is 0.338 e. The van der Waals surface area contributed by atoms with Crippen molar-refractivity contribution in [3.8, 4) is 0 Å². The van der Waals surface area contributed by atoms with Crippen molar-refractivity contribution in [3.63, 3.8) is 0 Å². The van der Waals surface area contributed by atoms with Gasteiger partial charge in [-0.1, -0.05) is 30.3 Å². The Morgan fingerprint density at radius 1 is 1.09 bits per heavy atom. The molecule has 0 saturated carbocycles. The van der Waals surface area contributed by atoms with E-state index in [1.807, 2.05) is 18.2 Å². The lowest BCUT2D eigenvalue weighted by Gasteiger charge is -2.21. The number of rotatable bonds is 5. The zero-order valence-corrected chi connectivity index (χ0v) is 13.1. The van der Waals surface area contributed by atoms with Crippen LogP contribution >= 0.6 is 0 Å². The summed E-state index contributed by atoms with van der Waals surface area (Å²) in [6.45, 7) is 1.45. The average molecular weight is 313 g/mol. The van der Waals surface area contributed by atoms with Crippen LogP contribution < -0.4 is 4.90 Å². The first kappa shape index (κ1) is 16.7. The first-order valence-electron chi connectivity index (χ1n) is 7.26. The highest BCUT2D eigenvalue weighted by molar-refractivity contribution is 5.98. The van der Waals surface area contributed by atoms with E-state index in [-0.39, 0.29) is 12.5 Å². The number of nitrogens with zero attached hydrogens (tertiary/aromatic N) is 1. The van der Waals surface area contributed by atoms with Gasteiger partial charge in [0.2, 0.25) is 0 Å². The monoisotopic (exact) mass is 313 g/mol. The summed E-state index contributed by atoms with van der Waals surface area (Å²) in [6, 6.07) is 15.5. The number of likely N-dealkylation sites (N-methyl/N-ethyl adjacent to an activating group) is 1. The number of esters is 1. The molecule has 2 rings (SSSR count). The second kappa shape index (κ2) is 7.56. The van der Waals surface area contributed by atoms with Gasteiger partial charge in [0.05, 0.1) is 12.2 Å². The molecule has 0 aliphatic heterocycles. The van der Waals surface area contributed by atoms with Gasteiger partial charge in [0.1, 0.15) is 0 Å². The lowest BCUT2D eigenvalue weighted by Crippen LogP contribution is -2.37. The predicted molar refractivity (Wildman–Crippen MR) is 87.1 cm³/mol. The molecule has 1 amide bonds. The van der Waals surface area contributed by atoms with Gasteiger partial charge < -0.3 is 14.7 Å². The Hall–Kier alpha value is -2.66. The summed E-state index contributed by atoms with van der Waals surface area (Å²) in [4.78, 5) is 25.8. The molecule has 0 radical (unpaired) electrons. The van der Waals surface area contributed by atoms with Gasteiger partial charge in [-0.2, -0.15) is 0 Å². The Morgan fingerprint density at radius 2 is 1.70 bits per heavy atom. The van der Waals surface area contributed by atoms with Gasteiger partial charge >= 0.3 is 5.97 Å². The second-order valence-electron chi connectivity index (χ2n) is 5.14. The zero-order chi connectivity index (χ0) is 16.8. The normalized spacial score (nSPS) is 11.6. The molecular weight excluding hydrogens is 294 g/mol. The number of carbonyl (C=O) groups is 2. The molecule has 1 N–H and O–H groups in total. The van der Waals surface area contributed by atoms with Crippen LogP contribution in [-0.4, -0.2) is 30.1 Å². The molecule has 23 heavy (non-hydrogen) atoms. The standard InChI is InChI=1S/C18H19NO4/c1-13(17(21)19(2)16-6-4-3-5-7-16)23-18(22)15-10-8-14(12-20)9-11-15/h3-11,13,20H,12H2,1-2H3/t13-/m0/s1. The number of anilines is 1. The predicted octanol–water partition coefficient (Wildman–Crippen LogP) is 2.39. The van der Waals surface area contributed by atoms with E-state index < -0.39 is 12.1 Å². The molecule has 0 spiro atoms. The maximum atomic E-state index is 12.3. The van der Waals surface area contributed by atoms with Crippen molar-refractivity contribution in [1.29, 1.82) is 0 Å². The van der Waals surface area contributed by atoms with Gasteiger partial charge in [-0.05, 0) is 36.8 Å². The van der Waals surface area contributed by atoms with Crippen LogP contribution in [0.2, 0.25) is 0 Å². The van der Waals surface area contributed by atoms with Crippen LogP contribution in [0, 0.1) is 0 Å². The van der Waals surface area contributed by atoms with Gasteiger partial charge in [0.25, 0.3) is 5.91 Å². The van der Waals surface area contributed by atoms with Crippen LogP contribution in [0.1, 0.15) is 22.8 Å². The number of carbonyl (C=O) groups excluding carboxylic acids is 2. The fourth-order valence-electron chi connectivity index (χ4n) is 2.08. The van der Waals surface area contributed by atoms with Crippen molar-refractivity contribution in [2.75, 3.05) is 11.9 Å². The fourth-order valence-corrected chi connectivity index (χ4v) is 2.08. The number of hydrogen-bond donors (Lipinski definition) is 1. The maximum absolute atomic E-state index is 12.3. The summed E-state index contributed by atoms with van der Waals surface area (Å²) < 4.78 is 5.22. The van der Waals surface area contributed by atoms with Gasteiger partial charge in [-0.3, -0.25) is 4.79 Å². The summed E-state index contributed by atoms with van der Waals surface area (Å²) in [5, 5.41) is 8.99. The summed E-state index contributed by atoms with van der Waals surface area (Å²) in [7, 11) is 1.64. The van der Waals surface area contributed by atoms with E-state index in [0.29, 0.717) is 11.1 Å². The number of ether oxygens (including phenoxy) is 1. The summed E-state index contributed by atoms with van der Waals surface area (Å²) in [5.74, 6) is -0.881. The Labute approximate surface area is 135 Å². The topological polar surface area (TPSA) is 66.8 Å². The minimum Gasteiger partial charge on any atom is -0.449 e. The van der Waals surface area contributed by atoms with E-state index in [2.05, 4.69) is 0 Å². The van der Waals surface area contributed by atoms with Crippen molar-refractivity contribution in [2.24, 2.45) is 0 Å². The number of hydrogen-bond acceptors (Lipinski definition) is 4. The van der Waals surface area contributed by atoms with Gasteiger partial charge in [-0.15, -0.1) is 0 Å². The van der Waals surface area contributed by atoms with Crippen LogP contribution in [-0.2, 0) is 16.1 Å². The van der Waals surface area contributed by atoms with E-state index in [9.17, 15) is 9.59 Å². The molecule has 5 nitrogen and oxygen atoms in total. The third kappa shape index (κ3) is 4.17. The van der Waals surface area contributed by atoms with Crippen molar-refractivity contribution in [1.82, 2.24) is 0 Å². The highest BCUT2D eigenvalue weighted by Gasteiger charge is 2.23. The zero-order valence-electron chi connectivity index (χ0n) is 13.1. The quantitative estimate of drug-likeness (QED) is 0.861. The van der Waals surface area contributed by atoms with Crippen LogP contribution in [0.3, 0.4) is 0 Å². The second-order valence-corrected chi connectivity index (χ2v) is 5.14. The molecule has 2 aromatic carbocycles. The molecule has 0 bridgehead atoms. The van der Waals surface area contributed by atoms with Crippen LogP contribution in [0.15, 0.2) is 54.6 Å². The molecule has 120 valence electrons. The Balaban J connectivity index is 2.01. The number of aliphatic hydroxyl groups is 1. The molecule has 5 heteroatoms. The minimum absolute atomic E-state index is 0.0912. The number of para-hydroxylation sites is 1. The van der Waals surface area contributed by atoms with Gasteiger partial charge in [-0.25, -0.2) is 4.79 Å². The fraction of sp³-hybridized carbons (Fsp3) is 0.222. The van der Waals surface area contributed by atoms with E-state index in [4.69, 9.17) is 9.84 Å². The Kier molecular flexibility index (Phi) is 5.49. The molecule has 1 atom stereocenters. The summed E-state index contributed by atoms with van der Waals surface area (Å²) in [6.07, 6.45) is -0.898. The SMILES string of the molecule is C[C@H](OC(=O)c1ccc(CO)cc1)C(=O)N(C)c1ccccc1. The molecule has 0 aliphatic rings. The average Bonchev–Trinajstić information content (AvgIpc) is 2.61. The van der Waals surface area contributed by atoms with Crippen molar-refractivity contribution in [2.45, 2.75) is 19.6 Å². The Bertz CT molecular complexity index is 667. The molecule has 2 aromatic rings. The van der Waals surface area contributed by atoms with Crippen molar-refractivity contribution in [3.05, 3.63) is 65.7 Å². The first-order chi connectivity index (χ1) is 11.0. The molecular formula is C18H19NO4. The van der Waals surface area contributed by atoms with Gasteiger partial charge in [0, 0.05) is 12.7 Å². The minimum atomic E-state index is -0.898. The van der Waals surface area contributed by atoms with E-state index >= 15 is 0 Å². The number of aliphatic hydroxyl groups excluding tert-OH is 1. The van der Waals surface area contributed by atoms with Crippen LogP contribution in [0.4, 0.5) is 5.69 Å². The van der Waals surface area contributed by atoms with Crippen molar-refractivity contribution < 1.29 is 19.4 Å². The smallest absolute Gasteiger partial charge is 0.338 e. The van der Waals surface area contributed by atoms with E-state index in [1.54, 1.807) is 50.4 Å². The van der Waals surface area contributed by atoms with E-state index in [1.165, 1.54) is 4.90 Å². The van der Waals surface area contributed by atoms with Crippen LogP contribution in [0.25, 0.3) is 0 Å². The molecule has 0 fully saturated rings. The number of benzene rings is 2. The lowest BCUT2D eigenvalue weighted by molar-refractivity contribution is -0.126. The third-order valence-electron chi connectivity index (χ3n) is 3.48. The largest absolute Gasteiger partial charge is 0.449 e. The highest BCUT2D eigenvalue weighted by Crippen LogP contribution is 2.14. The molecule has 0 unspecified atom stereocenters. The molecule has 0 aromatic heterocycles. The van der Waals surface area contributed by atoms with Crippen molar-refractivity contribution >= 4 is 17.6 Å². The molecule has 0 saturated heterocycles. The van der Waals surface area contributed by atoms with Gasteiger partial charge in [0.15, 0.2) is 6.10 Å². The Morgan fingerprint density at radius 3 is 2.26 bits per heavy atom. The summed E-state index contributed by atoms with van der Waals surface area (Å²) >= 11 is 0. The highest BCUT2D eigenvalue weighted by atomic mass is 16.5. The third-order valence-corrected chi connectivity index (χ3v) is 3.48. The molecule has 0 heterocycles. The summed E-state index contributed by atoms with van der Waals surface area (Å²) in [5.41, 5.74) is 1.77. The van der Waals surface area contributed by atoms with Crippen LogP contribution in [0.5, 0.6) is 0 Å². The lowest BCUT2D eigenvalue weighted by atomic mass is 10.1.